The van der Waals surface area contributed by atoms with Crippen LogP contribution < -0.4 is 31.8 Å². The fourth-order valence-corrected chi connectivity index (χ4v) is 15.6. The maximum Gasteiger partial charge on any atom is 0.123 e. The van der Waals surface area contributed by atoms with E-state index in [1.54, 1.807) is 0 Å². The molecule has 9 heteroatoms. The van der Waals surface area contributed by atoms with E-state index in [1.807, 2.05) is 109 Å². The third-order valence-corrected chi connectivity index (χ3v) is 21.0. The molecule has 6 aromatic rings. The van der Waals surface area contributed by atoms with Crippen molar-refractivity contribution in [3.8, 4) is 0 Å². The second kappa shape index (κ2) is 19.0. The summed E-state index contributed by atoms with van der Waals surface area (Å²) in [5.74, 6) is 0. The molecule has 0 aliphatic heterocycles. The molecule has 0 bridgehead atoms. The summed E-state index contributed by atoms with van der Waals surface area (Å²) in [4.78, 5) is 0. The predicted octanol–water partition coefficient (Wildman–Crippen LogP) is 9.10. The van der Waals surface area contributed by atoms with Gasteiger partial charge in [0, 0.05) is 31.8 Å². The van der Waals surface area contributed by atoms with E-state index < -0.39 is 18.8 Å². The van der Waals surface area contributed by atoms with Crippen molar-refractivity contribution < 1.29 is 13.6 Å². The van der Waals surface area contributed by atoms with Gasteiger partial charge in [0.1, 0.15) is 18.8 Å². The zero-order chi connectivity index (χ0) is 36.1. The smallest absolute Gasteiger partial charge is 0.123 e. The highest BCUT2D eigenvalue weighted by molar-refractivity contribution is 8.20. The quantitative estimate of drug-likeness (QED) is 0.0637. The van der Waals surface area contributed by atoms with E-state index in [0.717, 1.165) is 57.5 Å². The van der Waals surface area contributed by atoms with Gasteiger partial charge in [0.15, 0.2) is 0 Å². The summed E-state index contributed by atoms with van der Waals surface area (Å²) < 4.78 is 20.7. The first-order valence-corrected chi connectivity index (χ1v) is 25.7. The lowest BCUT2D eigenvalue weighted by atomic mass is 10.1. The van der Waals surface area contributed by atoms with Crippen LogP contribution in [0.1, 0.15) is 25.7 Å². The number of rotatable bonds is 18. The van der Waals surface area contributed by atoms with Crippen LogP contribution in [0.2, 0.25) is 0 Å². The lowest BCUT2D eigenvalue weighted by molar-refractivity contribution is 0.180. The fourth-order valence-electron chi connectivity index (χ4n) is 6.08. The summed E-state index contributed by atoms with van der Waals surface area (Å²) in [6.45, 7) is 1.03. The Bertz CT molecular complexity index is 1870. The molecule has 6 rings (SSSR count). The van der Waals surface area contributed by atoms with Crippen LogP contribution in [-0.4, -0.2) is 19.3 Å². The third-order valence-electron chi connectivity index (χ3n) is 8.76. The molecular formula is C43H43O3P3S3. The second-order valence-corrected chi connectivity index (χ2v) is 24.1. The van der Waals surface area contributed by atoms with Gasteiger partial charge in [0.05, 0.1) is 19.3 Å². The van der Waals surface area contributed by atoms with Gasteiger partial charge in [-0.05, 0) is 25.7 Å². The molecule has 3 nitrogen and oxygen atoms in total. The molecule has 0 aromatic heterocycles. The van der Waals surface area contributed by atoms with E-state index >= 15 is 0 Å². The highest BCUT2D eigenvalue weighted by atomic mass is 32.5. The first-order valence-electron chi connectivity index (χ1n) is 17.5. The van der Waals surface area contributed by atoms with Crippen molar-refractivity contribution in [1.29, 1.82) is 0 Å². The number of hydrogen-bond acceptors (Lipinski definition) is 6. The standard InChI is InChI=1S/C43H43O3P3S3/c50-47(38-23-7-1-8-24-38,39-25-9-2-10-26-39)44-35-19-21-37(46-49(52,42-31-15-5-16-32-42)43-33-17-6-18-34-43)22-20-36-45-48(51,40-27-11-3-12-28-40)41-29-13-4-14-30-41/h1-18,23-34,37H,19-22,35-36H2. The molecule has 0 amide bonds. The van der Waals surface area contributed by atoms with Gasteiger partial charge in [-0.1, -0.05) is 217 Å². The summed E-state index contributed by atoms with van der Waals surface area (Å²) in [7, 11) is 0. The molecule has 0 fully saturated rings. The van der Waals surface area contributed by atoms with Crippen molar-refractivity contribution in [2.24, 2.45) is 0 Å². The normalized spacial score (nSPS) is 12.2. The van der Waals surface area contributed by atoms with Gasteiger partial charge in [0.25, 0.3) is 0 Å². The molecule has 0 aliphatic rings. The maximum absolute atomic E-state index is 7.19. The number of benzene rings is 6. The summed E-state index contributed by atoms with van der Waals surface area (Å²) in [5, 5.41) is 6.30. The topological polar surface area (TPSA) is 27.7 Å². The zero-order valence-electron chi connectivity index (χ0n) is 28.9. The first kappa shape index (κ1) is 38.9. The van der Waals surface area contributed by atoms with Crippen LogP contribution in [0.3, 0.4) is 0 Å². The van der Waals surface area contributed by atoms with Gasteiger partial charge in [-0.2, -0.15) is 0 Å². The Morgan fingerprint density at radius 1 is 0.346 bits per heavy atom. The van der Waals surface area contributed by atoms with E-state index in [9.17, 15) is 0 Å². The van der Waals surface area contributed by atoms with Gasteiger partial charge in [-0.25, -0.2) is 0 Å². The van der Waals surface area contributed by atoms with Crippen molar-refractivity contribution in [3.63, 3.8) is 0 Å². The molecule has 0 radical (unpaired) electrons. The van der Waals surface area contributed by atoms with E-state index in [4.69, 9.17) is 49.0 Å². The molecule has 0 heterocycles. The van der Waals surface area contributed by atoms with Gasteiger partial charge < -0.3 is 13.6 Å². The van der Waals surface area contributed by atoms with Crippen LogP contribution >= 0.6 is 18.8 Å². The molecule has 6 aromatic carbocycles. The summed E-state index contributed by atoms with van der Waals surface area (Å²) >= 11 is 19.3. The minimum Gasteiger partial charge on any atom is -0.342 e. The van der Waals surface area contributed by atoms with Crippen LogP contribution in [-0.2, 0) is 49.0 Å². The van der Waals surface area contributed by atoms with Gasteiger partial charge in [-0.15, -0.1) is 0 Å². The van der Waals surface area contributed by atoms with E-state index in [2.05, 4.69) is 72.8 Å². The zero-order valence-corrected chi connectivity index (χ0v) is 34.1. The highest BCUT2D eigenvalue weighted by Crippen LogP contribution is 2.49. The molecular weight excluding hydrogens is 754 g/mol. The summed E-state index contributed by atoms with van der Waals surface area (Å²) in [6, 6.07) is 61.6. The van der Waals surface area contributed by atoms with Crippen LogP contribution in [0, 0.1) is 0 Å². The highest BCUT2D eigenvalue weighted by Gasteiger charge is 2.29. The average Bonchev–Trinajstić information content (AvgIpc) is 3.22. The lowest BCUT2D eigenvalue weighted by Gasteiger charge is -2.30. The Balaban J connectivity index is 1.21. The molecule has 52 heavy (non-hydrogen) atoms. The van der Waals surface area contributed by atoms with Crippen molar-refractivity contribution in [2.45, 2.75) is 31.8 Å². The molecule has 0 spiro atoms. The van der Waals surface area contributed by atoms with Gasteiger partial charge in [0.2, 0.25) is 0 Å². The van der Waals surface area contributed by atoms with Crippen LogP contribution in [0.15, 0.2) is 182 Å². The largest absolute Gasteiger partial charge is 0.342 e. The minimum absolute atomic E-state index is 0.129. The van der Waals surface area contributed by atoms with E-state index in [1.165, 1.54) is 0 Å². The summed E-state index contributed by atoms with van der Waals surface area (Å²) in [5.41, 5.74) is 0. The first-order chi connectivity index (χ1) is 25.4. The molecule has 0 saturated heterocycles. The molecule has 0 aliphatic carbocycles. The van der Waals surface area contributed by atoms with Gasteiger partial charge >= 0.3 is 0 Å². The molecule has 0 unspecified atom stereocenters. The van der Waals surface area contributed by atoms with Gasteiger partial charge in [-0.3, -0.25) is 0 Å². The van der Waals surface area contributed by atoms with Crippen molar-refractivity contribution in [3.05, 3.63) is 182 Å². The fraction of sp³-hybridized carbons (Fsp3) is 0.163. The molecule has 266 valence electrons. The Morgan fingerprint density at radius 2 is 0.577 bits per heavy atom. The maximum atomic E-state index is 7.19. The van der Waals surface area contributed by atoms with Crippen LogP contribution in [0.5, 0.6) is 0 Å². The Labute approximate surface area is 324 Å². The molecule has 0 N–H and O–H groups in total. The van der Waals surface area contributed by atoms with Crippen molar-refractivity contribution in [1.82, 2.24) is 0 Å². The van der Waals surface area contributed by atoms with Crippen molar-refractivity contribution in [2.75, 3.05) is 13.2 Å². The Hall–Kier alpha value is -2.85. The average molecular weight is 797 g/mol. The third kappa shape index (κ3) is 9.62. The molecule has 0 saturated carbocycles. The lowest BCUT2D eigenvalue weighted by Crippen LogP contribution is -2.24. The minimum atomic E-state index is -2.61. The Morgan fingerprint density at radius 3 is 0.827 bits per heavy atom. The molecule has 0 atom stereocenters. The monoisotopic (exact) mass is 796 g/mol. The van der Waals surface area contributed by atoms with Crippen LogP contribution in [0.4, 0.5) is 0 Å². The second-order valence-electron chi connectivity index (χ2n) is 12.3. The Kier molecular flexibility index (Phi) is 14.2. The van der Waals surface area contributed by atoms with E-state index in [-0.39, 0.29) is 6.10 Å². The van der Waals surface area contributed by atoms with Crippen molar-refractivity contribution >= 4 is 86.0 Å². The number of hydrogen-bond donors (Lipinski definition) is 0. The van der Waals surface area contributed by atoms with E-state index in [0.29, 0.717) is 13.2 Å². The summed E-state index contributed by atoms with van der Waals surface area (Å²) in [6.07, 6.45) is -4.61. The SMILES string of the molecule is S=P(OCCCC(CCCOP(=S)(c1ccccc1)c1ccccc1)OP(=S)(c1ccccc1)c1ccccc1)(c1ccccc1)c1ccccc1. The van der Waals surface area contributed by atoms with Crippen LogP contribution in [0.25, 0.3) is 0 Å². The predicted molar refractivity (Wildman–Crippen MR) is 235 cm³/mol.